The van der Waals surface area contributed by atoms with Crippen LogP contribution in [0.2, 0.25) is 0 Å². The fourth-order valence-electron chi connectivity index (χ4n) is 5.22. The molecule has 2 saturated heterocycles. The second-order valence-electron chi connectivity index (χ2n) is 9.46. The Bertz CT molecular complexity index is 544. The first kappa shape index (κ1) is 21.5. The second kappa shape index (κ2) is 11.1. The van der Waals surface area contributed by atoms with Gasteiger partial charge in [-0.2, -0.15) is 0 Å². The van der Waals surface area contributed by atoms with Crippen LogP contribution in [0.5, 0.6) is 0 Å². The van der Waals surface area contributed by atoms with Crippen LogP contribution in [0.15, 0.2) is 12.4 Å². The number of likely N-dealkylation sites (tertiary alicyclic amines) is 1. The van der Waals surface area contributed by atoms with Gasteiger partial charge in [-0.15, -0.1) is 0 Å². The third-order valence-electron chi connectivity index (χ3n) is 6.78. The molecule has 28 heavy (non-hydrogen) atoms. The Morgan fingerprint density at radius 1 is 0.929 bits per heavy atom. The minimum atomic E-state index is 0.611. The minimum absolute atomic E-state index is 0.611. The number of rotatable bonds is 12. The Morgan fingerprint density at radius 2 is 1.54 bits per heavy atom. The Labute approximate surface area is 173 Å². The number of aryl methyl sites for hydroxylation is 1. The Hall–Kier alpha value is -1.16. The zero-order valence-electron chi connectivity index (χ0n) is 18.6. The summed E-state index contributed by atoms with van der Waals surface area (Å²) in [5.41, 5.74) is 1.30. The molecular weight excluding hydrogens is 344 g/mol. The lowest BCUT2D eigenvalue weighted by atomic mass is 9.98. The SMILES string of the molecule is CCCC(C)CCCCCCCCc1cnc(N2C3CCC2CN(C)C3)nc1. The maximum atomic E-state index is 4.74. The van der Waals surface area contributed by atoms with E-state index in [9.17, 15) is 0 Å². The highest BCUT2D eigenvalue weighted by atomic mass is 15.4. The molecule has 3 rings (SSSR count). The van der Waals surface area contributed by atoms with Gasteiger partial charge in [-0.05, 0) is 44.2 Å². The van der Waals surface area contributed by atoms with Gasteiger partial charge < -0.3 is 9.80 Å². The van der Waals surface area contributed by atoms with Crippen LogP contribution < -0.4 is 4.90 Å². The maximum Gasteiger partial charge on any atom is 0.225 e. The molecule has 2 aliphatic heterocycles. The molecule has 2 bridgehead atoms. The minimum Gasteiger partial charge on any atom is -0.332 e. The van der Waals surface area contributed by atoms with E-state index in [0.29, 0.717) is 12.1 Å². The average molecular weight is 387 g/mol. The van der Waals surface area contributed by atoms with E-state index in [1.165, 1.54) is 76.2 Å². The number of likely N-dealkylation sites (N-methyl/N-ethyl adjacent to an activating group) is 1. The first-order valence-electron chi connectivity index (χ1n) is 11.9. The van der Waals surface area contributed by atoms with Crippen molar-refractivity contribution < 1.29 is 0 Å². The predicted molar refractivity (Wildman–Crippen MR) is 119 cm³/mol. The van der Waals surface area contributed by atoms with Crippen molar-refractivity contribution in [2.24, 2.45) is 5.92 Å². The number of hydrogen-bond acceptors (Lipinski definition) is 4. The molecule has 1 aromatic heterocycles. The largest absolute Gasteiger partial charge is 0.332 e. The molecule has 0 spiro atoms. The van der Waals surface area contributed by atoms with E-state index < -0.39 is 0 Å². The van der Waals surface area contributed by atoms with Crippen LogP contribution in [0.25, 0.3) is 0 Å². The maximum absolute atomic E-state index is 4.74. The number of unbranched alkanes of at least 4 members (excludes halogenated alkanes) is 5. The van der Waals surface area contributed by atoms with E-state index in [0.717, 1.165) is 31.4 Å². The highest BCUT2D eigenvalue weighted by molar-refractivity contribution is 5.37. The topological polar surface area (TPSA) is 32.3 Å². The highest BCUT2D eigenvalue weighted by Gasteiger charge is 2.39. The molecule has 2 fully saturated rings. The van der Waals surface area contributed by atoms with Gasteiger partial charge in [0.05, 0.1) is 0 Å². The van der Waals surface area contributed by atoms with Crippen molar-refractivity contribution in [3.8, 4) is 0 Å². The van der Waals surface area contributed by atoms with Gasteiger partial charge in [0.1, 0.15) is 0 Å². The summed E-state index contributed by atoms with van der Waals surface area (Å²) < 4.78 is 0. The van der Waals surface area contributed by atoms with Crippen LogP contribution >= 0.6 is 0 Å². The van der Waals surface area contributed by atoms with Crippen LogP contribution in [0.3, 0.4) is 0 Å². The summed E-state index contributed by atoms with van der Waals surface area (Å²) in [6.07, 6.45) is 20.3. The number of anilines is 1. The van der Waals surface area contributed by atoms with Gasteiger partial charge in [-0.3, -0.25) is 0 Å². The summed E-state index contributed by atoms with van der Waals surface area (Å²) in [5.74, 6) is 1.88. The molecule has 1 aromatic rings. The van der Waals surface area contributed by atoms with Crippen molar-refractivity contribution in [2.75, 3.05) is 25.0 Å². The Balaban J connectivity index is 1.29. The van der Waals surface area contributed by atoms with Crippen LogP contribution in [0, 0.1) is 5.92 Å². The van der Waals surface area contributed by atoms with E-state index in [2.05, 4.69) is 43.1 Å². The lowest BCUT2D eigenvalue weighted by Crippen LogP contribution is -2.53. The zero-order valence-corrected chi connectivity index (χ0v) is 18.6. The van der Waals surface area contributed by atoms with Gasteiger partial charge in [0.2, 0.25) is 5.95 Å². The van der Waals surface area contributed by atoms with Gasteiger partial charge in [-0.1, -0.05) is 65.2 Å². The number of fused-ring (bicyclic) bond motifs is 2. The van der Waals surface area contributed by atoms with Crippen molar-refractivity contribution in [3.63, 3.8) is 0 Å². The molecule has 3 atom stereocenters. The number of piperazine rings is 1. The zero-order chi connectivity index (χ0) is 19.8. The standard InChI is InChI=1S/C24H42N4/c1-4-11-20(2)12-9-7-5-6-8-10-13-21-16-25-24(26-17-21)28-22-14-15-23(28)19-27(3)18-22/h16-17,20,22-23H,4-15,18-19H2,1-3H3. The third kappa shape index (κ3) is 6.17. The quantitative estimate of drug-likeness (QED) is 0.446. The fraction of sp³-hybridized carbons (Fsp3) is 0.833. The molecule has 158 valence electrons. The summed E-state index contributed by atoms with van der Waals surface area (Å²) in [7, 11) is 2.24. The number of aromatic nitrogens is 2. The van der Waals surface area contributed by atoms with E-state index in [4.69, 9.17) is 9.97 Å². The van der Waals surface area contributed by atoms with Gasteiger partial charge in [-0.25, -0.2) is 9.97 Å². The normalized spacial score (nSPS) is 23.3. The number of hydrogen-bond donors (Lipinski definition) is 0. The summed E-state index contributed by atoms with van der Waals surface area (Å²) in [6, 6.07) is 1.22. The number of nitrogens with zero attached hydrogens (tertiary/aromatic N) is 4. The highest BCUT2D eigenvalue weighted by Crippen LogP contribution is 2.32. The molecule has 0 aliphatic carbocycles. The lowest BCUT2D eigenvalue weighted by Gasteiger charge is -2.39. The smallest absolute Gasteiger partial charge is 0.225 e. The van der Waals surface area contributed by atoms with E-state index in [1.54, 1.807) is 0 Å². The Kier molecular flexibility index (Phi) is 8.57. The molecule has 4 heteroatoms. The van der Waals surface area contributed by atoms with Gasteiger partial charge >= 0.3 is 0 Å². The van der Waals surface area contributed by atoms with Crippen molar-refractivity contribution >= 4 is 5.95 Å². The lowest BCUT2D eigenvalue weighted by molar-refractivity contribution is 0.262. The molecule has 2 aliphatic rings. The van der Waals surface area contributed by atoms with Crippen molar-refractivity contribution in [1.29, 1.82) is 0 Å². The summed E-state index contributed by atoms with van der Waals surface area (Å²) >= 11 is 0. The van der Waals surface area contributed by atoms with Crippen LogP contribution in [0.1, 0.15) is 90.0 Å². The predicted octanol–water partition coefficient (Wildman–Crippen LogP) is 5.47. The summed E-state index contributed by atoms with van der Waals surface area (Å²) in [4.78, 5) is 14.4. The van der Waals surface area contributed by atoms with Gasteiger partial charge in [0.15, 0.2) is 0 Å². The van der Waals surface area contributed by atoms with Crippen molar-refractivity contribution in [1.82, 2.24) is 14.9 Å². The molecule has 4 nitrogen and oxygen atoms in total. The van der Waals surface area contributed by atoms with E-state index >= 15 is 0 Å². The molecule has 0 radical (unpaired) electrons. The molecule has 0 N–H and O–H groups in total. The average Bonchev–Trinajstić information content (AvgIpc) is 2.95. The van der Waals surface area contributed by atoms with E-state index in [1.807, 2.05) is 0 Å². The van der Waals surface area contributed by atoms with Crippen LogP contribution in [0.4, 0.5) is 5.95 Å². The summed E-state index contributed by atoms with van der Waals surface area (Å²) in [6.45, 7) is 7.01. The second-order valence-corrected chi connectivity index (χ2v) is 9.46. The monoisotopic (exact) mass is 386 g/mol. The molecule has 0 aromatic carbocycles. The van der Waals surface area contributed by atoms with Gasteiger partial charge in [0.25, 0.3) is 0 Å². The molecular formula is C24H42N4. The Morgan fingerprint density at radius 3 is 2.18 bits per heavy atom. The molecule has 0 amide bonds. The van der Waals surface area contributed by atoms with Gasteiger partial charge in [0, 0.05) is 37.6 Å². The van der Waals surface area contributed by atoms with Crippen molar-refractivity contribution in [3.05, 3.63) is 18.0 Å². The first-order valence-corrected chi connectivity index (χ1v) is 11.9. The molecule has 3 unspecified atom stereocenters. The fourth-order valence-corrected chi connectivity index (χ4v) is 5.22. The van der Waals surface area contributed by atoms with E-state index in [-0.39, 0.29) is 0 Å². The van der Waals surface area contributed by atoms with Crippen molar-refractivity contribution in [2.45, 2.75) is 103 Å². The molecule has 3 heterocycles. The van der Waals surface area contributed by atoms with Crippen LogP contribution in [-0.2, 0) is 6.42 Å². The third-order valence-corrected chi connectivity index (χ3v) is 6.78. The summed E-state index contributed by atoms with van der Waals surface area (Å²) in [5, 5.41) is 0. The van der Waals surface area contributed by atoms with Crippen LogP contribution in [-0.4, -0.2) is 47.1 Å². The first-order chi connectivity index (χ1) is 13.7. The molecule has 0 saturated carbocycles.